The van der Waals surface area contributed by atoms with Gasteiger partial charge in [0.15, 0.2) is 5.16 Å². The quantitative estimate of drug-likeness (QED) is 0.335. The van der Waals surface area contributed by atoms with Crippen molar-refractivity contribution >= 4 is 22.8 Å². The molecule has 4 nitrogen and oxygen atoms in total. The predicted octanol–water partition coefficient (Wildman–Crippen LogP) is 5.34. The maximum atomic E-state index is 13.5. The molecule has 0 spiro atoms. The van der Waals surface area contributed by atoms with E-state index in [4.69, 9.17) is 4.98 Å². The molecule has 0 N–H and O–H groups in total. The second kappa shape index (κ2) is 7.23. The number of hydrogen-bond donors (Lipinski definition) is 0. The van der Waals surface area contributed by atoms with Crippen molar-refractivity contribution in [3.63, 3.8) is 0 Å². The van der Waals surface area contributed by atoms with E-state index >= 15 is 0 Å². The van der Waals surface area contributed by atoms with Crippen LogP contribution in [0.4, 0.5) is 0 Å². The average molecular weight is 402 g/mol. The second-order valence-corrected chi connectivity index (χ2v) is 8.68. The lowest BCUT2D eigenvalue weighted by Gasteiger charge is -2.13. The summed E-state index contributed by atoms with van der Waals surface area (Å²) in [5.74, 6) is 0.810. The van der Waals surface area contributed by atoms with Gasteiger partial charge in [-0.25, -0.2) is 4.98 Å². The molecule has 1 saturated carbocycles. The third kappa shape index (κ3) is 3.29. The van der Waals surface area contributed by atoms with Crippen LogP contribution in [0.25, 0.3) is 22.2 Å². The van der Waals surface area contributed by atoms with Crippen LogP contribution >= 0.6 is 11.8 Å². The van der Waals surface area contributed by atoms with Gasteiger partial charge in [0.2, 0.25) is 0 Å². The lowest BCUT2D eigenvalue weighted by molar-refractivity contribution is 0.615. The molecule has 5 rings (SSSR count). The van der Waals surface area contributed by atoms with Crippen molar-refractivity contribution in [3.05, 3.63) is 82.3 Å². The summed E-state index contributed by atoms with van der Waals surface area (Å²) < 4.78 is 3.86. The van der Waals surface area contributed by atoms with Gasteiger partial charge in [-0.15, -0.1) is 0 Å². The van der Waals surface area contributed by atoms with Crippen molar-refractivity contribution < 1.29 is 0 Å². The highest BCUT2D eigenvalue weighted by molar-refractivity contribution is 7.98. The first-order valence-corrected chi connectivity index (χ1v) is 11.0. The Labute approximate surface area is 174 Å². The Morgan fingerprint density at radius 1 is 1.07 bits per heavy atom. The lowest BCUT2D eigenvalue weighted by Crippen LogP contribution is -2.23. The number of fused-ring (bicyclic) bond motifs is 1. The summed E-state index contributed by atoms with van der Waals surface area (Å²) in [6, 6.07) is 18.9. The zero-order chi connectivity index (χ0) is 20.0. The molecule has 0 bridgehead atoms. The van der Waals surface area contributed by atoms with Crippen molar-refractivity contribution in [1.82, 2.24) is 14.1 Å². The molecule has 1 aliphatic carbocycles. The third-order valence-electron chi connectivity index (χ3n) is 5.60. The summed E-state index contributed by atoms with van der Waals surface area (Å²) in [5, 5.41) is 0.830. The number of hydrogen-bond acceptors (Lipinski definition) is 3. The van der Waals surface area contributed by atoms with Gasteiger partial charge in [-0.2, -0.15) is 0 Å². The minimum Gasteiger partial charge on any atom is -0.344 e. The van der Waals surface area contributed by atoms with Gasteiger partial charge in [0, 0.05) is 30.6 Å². The van der Waals surface area contributed by atoms with E-state index in [1.165, 1.54) is 11.1 Å². The van der Waals surface area contributed by atoms with Crippen LogP contribution in [-0.4, -0.2) is 14.1 Å². The van der Waals surface area contributed by atoms with E-state index in [2.05, 4.69) is 43.3 Å². The monoisotopic (exact) mass is 401 g/mol. The van der Waals surface area contributed by atoms with Gasteiger partial charge in [-0.3, -0.25) is 9.36 Å². The van der Waals surface area contributed by atoms with Crippen LogP contribution in [0.1, 0.15) is 30.0 Å². The van der Waals surface area contributed by atoms with Gasteiger partial charge < -0.3 is 4.57 Å². The highest BCUT2D eigenvalue weighted by Crippen LogP contribution is 2.38. The topological polar surface area (TPSA) is 39.8 Å². The molecular weight excluding hydrogens is 378 g/mol. The van der Waals surface area contributed by atoms with Crippen molar-refractivity contribution in [2.24, 2.45) is 7.05 Å². The van der Waals surface area contributed by atoms with E-state index in [-0.39, 0.29) is 11.6 Å². The predicted molar refractivity (Wildman–Crippen MR) is 119 cm³/mol. The summed E-state index contributed by atoms with van der Waals surface area (Å²) >= 11 is 1.67. The molecule has 0 saturated heterocycles. The normalized spacial score (nSPS) is 13.9. The molecule has 1 fully saturated rings. The van der Waals surface area contributed by atoms with Crippen LogP contribution in [0.3, 0.4) is 0 Å². The summed E-state index contributed by atoms with van der Waals surface area (Å²) in [5.41, 5.74) is 6.22. The van der Waals surface area contributed by atoms with Gasteiger partial charge in [-0.1, -0.05) is 66.4 Å². The highest BCUT2D eigenvalue weighted by atomic mass is 32.2. The average Bonchev–Trinajstić information content (AvgIpc) is 3.51. The summed E-state index contributed by atoms with van der Waals surface area (Å²) in [7, 11) is 1.94. The standard InChI is InChI=1S/C24H23N3OS/c1-16-8-6-7-11-18(16)15-29-24-25-21-20(17-9-4-3-5-10-17)14-26(2)22(21)23(28)27(24)19-12-13-19/h3-11,14,19H,12-13,15H2,1-2H3. The van der Waals surface area contributed by atoms with Crippen LogP contribution < -0.4 is 5.56 Å². The molecule has 0 atom stereocenters. The molecule has 5 heteroatoms. The smallest absolute Gasteiger partial charge is 0.278 e. The fraction of sp³-hybridized carbons (Fsp3) is 0.250. The Balaban J connectivity index is 1.65. The zero-order valence-electron chi connectivity index (χ0n) is 16.6. The third-order valence-corrected chi connectivity index (χ3v) is 6.61. The van der Waals surface area contributed by atoms with E-state index in [1.807, 2.05) is 40.6 Å². The Morgan fingerprint density at radius 3 is 2.52 bits per heavy atom. The molecular formula is C24H23N3OS. The van der Waals surface area contributed by atoms with Crippen LogP contribution in [0.2, 0.25) is 0 Å². The van der Waals surface area contributed by atoms with Gasteiger partial charge >= 0.3 is 0 Å². The molecule has 0 radical (unpaired) electrons. The molecule has 1 aliphatic rings. The molecule has 4 aromatic rings. The Kier molecular flexibility index (Phi) is 4.55. The molecule has 146 valence electrons. The fourth-order valence-electron chi connectivity index (χ4n) is 3.83. The van der Waals surface area contributed by atoms with E-state index in [0.717, 1.165) is 40.4 Å². The summed E-state index contributed by atoms with van der Waals surface area (Å²) in [4.78, 5) is 18.5. The maximum absolute atomic E-state index is 13.5. The van der Waals surface area contributed by atoms with Gasteiger partial charge in [-0.05, 0) is 36.5 Å². The minimum atomic E-state index is 0.0782. The van der Waals surface area contributed by atoms with Crippen molar-refractivity contribution in [1.29, 1.82) is 0 Å². The molecule has 0 amide bonds. The van der Waals surface area contributed by atoms with Crippen molar-refractivity contribution in [2.45, 2.75) is 36.7 Å². The van der Waals surface area contributed by atoms with E-state index < -0.39 is 0 Å². The van der Waals surface area contributed by atoms with E-state index in [9.17, 15) is 4.79 Å². The van der Waals surface area contributed by atoms with Crippen molar-refractivity contribution in [3.8, 4) is 11.1 Å². The number of aromatic nitrogens is 3. The van der Waals surface area contributed by atoms with Crippen LogP contribution in [-0.2, 0) is 12.8 Å². The van der Waals surface area contributed by atoms with Crippen molar-refractivity contribution in [2.75, 3.05) is 0 Å². The SMILES string of the molecule is Cc1ccccc1CSc1nc2c(-c3ccccc3)cn(C)c2c(=O)n1C1CC1. The number of thioether (sulfide) groups is 1. The summed E-state index contributed by atoms with van der Waals surface area (Å²) in [6.07, 6.45) is 4.14. The van der Waals surface area contributed by atoms with Crippen LogP contribution in [0.15, 0.2) is 70.7 Å². The lowest BCUT2D eigenvalue weighted by atomic mass is 10.1. The molecule has 0 unspecified atom stereocenters. The first-order chi connectivity index (χ1) is 14.1. The highest BCUT2D eigenvalue weighted by Gasteiger charge is 2.30. The Bertz CT molecular complexity index is 1250. The van der Waals surface area contributed by atoms with E-state index in [1.54, 1.807) is 11.8 Å². The molecule has 29 heavy (non-hydrogen) atoms. The maximum Gasteiger partial charge on any atom is 0.278 e. The molecule has 2 aromatic carbocycles. The second-order valence-electron chi connectivity index (χ2n) is 7.73. The number of benzene rings is 2. The molecule has 2 heterocycles. The van der Waals surface area contributed by atoms with Gasteiger partial charge in [0.25, 0.3) is 5.56 Å². The Morgan fingerprint density at radius 2 is 1.79 bits per heavy atom. The summed E-state index contributed by atoms with van der Waals surface area (Å²) in [6.45, 7) is 2.13. The number of nitrogens with zero attached hydrogens (tertiary/aromatic N) is 3. The zero-order valence-corrected chi connectivity index (χ0v) is 17.4. The Hall–Kier alpha value is -2.79. The largest absolute Gasteiger partial charge is 0.344 e. The van der Waals surface area contributed by atoms with Gasteiger partial charge in [0.05, 0.1) is 0 Å². The first-order valence-electron chi connectivity index (χ1n) is 9.98. The van der Waals surface area contributed by atoms with Crippen LogP contribution in [0.5, 0.6) is 0 Å². The minimum absolute atomic E-state index is 0.0782. The van der Waals surface area contributed by atoms with Gasteiger partial charge in [0.1, 0.15) is 11.0 Å². The number of rotatable bonds is 5. The number of aryl methyl sites for hydroxylation is 2. The fourth-order valence-corrected chi connectivity index (χ4v) is 4.97. The van der Waals surface area contributed by atoms with Crippen LogP contribution in [0, 0.1) is 6.92 Å². The molecule has 0 aliphatic heterocycles. The molecule has 2 aromatic heterocycles. The first kappa shape index (κ1) is 18.3. The van der Waals surface area contributed by atoms with E-state index in [0.29, 0.717) is 5.52 Å².